The fraction of sp³-hybridized carbons (Fsp3) is 0.524. The summed E-state index contributed by atoms with van der Waals surface area (Å²) in [7, 11) is -1.70. The van der Waals surface area contributed by atoms with E-state index < -0.39 is 8.32 Å². The largest absolute Gasteiger partial charge is 0.416 e. The van der Waals surface area contributed by atoms with Crippen molar-refractivity contribution in [3.63, 3.8) is 0 Å². The highest BCUT2D eigenvalue weighted by Crippen LogP contribution is 2.36. The zero-order valence-corrected chi connectivity index (χ0v) is 17.7. The molecule has 0 amide bonds. The third-order valence-corrected chi connectivity index (χ3v) is 9.83. The second-order valence-electron chi connectivity index (χ2n) is 8.31. The molecule has 0 aliphatic rings. The van der Waals surface area contributed by atoms with Gasteiger partial charge >= 0.3 is 0 Å². The van der Waals surface area contributed by atoms with Gasteiger partial charge in [-0.15, -0.1) is 0 Å². The second kappa shape index (κ2) is 8.66. The van der Waals surface area contributed by atoms with Crippen LogP contribution in [0.3, 0.4) is 0 Å². The molecule has 0 aliphatic carbocycles. The molecule has 26 heavy (non-hydrogen) atoms. The molecule has 2 aromatic rings. The Morgan fingerprint density at radius 1 is 1.31 bits per heavy atom. The number of aromatic nitrogens is 1. The van der Waals surface area contributed by atoms with Gasteiger partial charge in [-0.3, -0.25) is 4.99 Å². The predicted octanol–water partition coefficient (Wildman–Crippen LogP) is 5.48. The Morgan fingerprint density at radius 3 is 2.73 bits per heavy atom. The number of rotatable bonds is 8. The van der Waals surface area contributed by atoms with E-state index in [-0.39, 0.29) is 11.1 Å². The van der Waals surface area contributed by atoms with Crippen molar-refractivity contribution in [3.05, 3.63) is 36.0 Å². The molecule has 0 saturated heterocycles. The Hall–Kier alpha value is -1.90. The number of para-hydroxylation sites is 1. The normalized spacial score (nSPS) is 14.0. The molecular weight excluding hydrogens is 338 g/mol. The maximum atomic E-state index is 9.13. The van der Waals surface area contributed by atoms with Crippen molar-refractivity contribution in [2.45, 2.75) is 64.2 Å². The number of fused-ring (bicyclic) bond motifs is 1. The van der Waals surface area contributed by atoms with Crippen molar-refractivity contribution in [3.8, 4) is 6.07 Å². The van der Waals surface area contributed by atoms with Crippen molar-refractivity contribution < 1.29 is 4.43 Å². The SMILES string of the molecule is CC(C)(C)[Si](C)(C)OCCC=N[C@H](CC#N)Cc1c[nH]c2ccccc12. The van der Waals surface area contributed by atoms with E-state index in [1.54, 1.807) is 0 Å². The lowest BCUT2D eigenvalue weighted by Crippen LogP contribution is -2.41. The van der Waals surface area contributed by atoms with Crippen LogP contribution in [0.25, 0.3) is 10.9 Å². The van der Waals surface area contributed by atoms with E-state index in [2.05, 4.69) is 62.0 Å². The molecule has 1 N–H and O–H groups in total. The summed E-state index contributed by atoms with van der Waals surface area (Å²) in [5.74, 6) is 0. The molecule has 2 rings (SSSR count). The van der Waals surface area contributed by atoms with E-state index in [1.807, 2.05) is 24.5 Å². The van der Waals surface area contributed by atoms with Crippen LogP contribution in [0.5, 0.6) is 0 Å². The van der Waals surface area contributed by atoms with Gasteiger partial charge in [-0.2, -0.15) is 5.26 Å². The smallest absolute Gasteiger partial charge is 0.191 e. The Balaban J connectivity index is 1.92. The highest BCUT2D eigenvalue weighted by molar-refractivity contribution is 6.74. The highest BCUT2D eigenvalue weighted by Gasteiger charge is 2.36. The average molecular weight is 370 g/mol. The van der Waals surface area contributed by atoms with Crippen LogP contribution in [-0.2, 0) is 10.8 Å². The summed E-state index contributed by atoms with van der Waals surface area (Å²) >= 11 is 0. The molecule has 0 bridgehead atoms. The summed E-state index contributed by atoms with van der Waals surface area (Å²) in [6.07, 6.45) is 5.97. The first-order valence-electron chi connectivity index (χ1n) is 9.32. The van der Waals surface area contributed by atoms with E-state index in [1.165, 1.54) is 10.9 Å². The molecule has 1 aromatic heterocycles. The summed E-state index contributed by atoms with van der Waals surface area (Å²) in [4.78, 5) is 7.94. The minimum Gasteiger partial charge on any atom is -0.416 e. The van der Waals surface area contributed by atoms with Gasteiger partial charge in [-0.05, 0) is 36.2 Å². The van der Waals surface area contributed by atoms with Crippen LogP contribution >= 0.6 is 0 Å². The topological polar surface area (TPSA) is 61.2 Å². The van der Waals surface area contributed by atoms with Gasteiger partial charge in [0.05, 0.1) is 18.5 Å². The van der Waals surface area contributed by atoms with Gasteiger partial charge < -0.3 is 9.41 Å². The van der Waals surface area contributed by atoms with Gasteiger partial charge in [0.2, 0.25) is 0 Å². The summed E-state index contributed by atoms with van der Waals surface area (Å²) in [6, 6.07) is 10.5. The molecule has 0 unspecified atom stereocenters. The lowest BCUT2D eigenvalue weighted by molar-refractivity contribution is 0.299. The molecule has 0 spiro atoms. The molecule has 0 radical (unpaired) electrons. The quantitative estimate of drug-likeness (QED) is 0.381. The van der Waals surface area contributed by atoms with Crippen LogP contribution in [0, 0.1) is 11.3 Å². The minimum atomic E-state index is -1.70. The van der Waals surface area contributed by atoms with E-state index in [0.29, 0.717) is 13.0 Å². The van der Waals surface area contributed by atoms with Crippen LogP contribution < -0.4 is 0 Å². The second-order valence-corrected chi connectivity index (χ2v) is 13.1. The van der Waals surface area contributed by atoms with Crippen LogP contribution in [0.1, 0.15) is 39.2 Å². The first-order chi connectivity index (χ1) is 12.2. The number of nitriles is 1. The number of aromatic amines is 1. The Labute approximate surface area is 158 Å². The highest BCUT2D eigenvalue weighted by atomic mass is 28.4. The molecule has 1 heterocycles. The molecule has 1 aromatic carbocycles. The van der Waals surface area contributed by atoms with E-state index in [0.717, 1.165) is 18.4 Å². The van der Waals surface area contributed by atoms with Crippen molar-refractivity contribution in [2.24, 2.45) is 4.99 Å². The van der Waals surface area contributed by atoms with E-state index in [9.17, 15) is 0 Å². The molecular formula is C21H31N3OSi. The number of benzene rings is 1. The fourth-order valence-electron chi connectivity index (χ4n) is 2.64. The lowest BCUT2D eigenvalue weighted by Gasteiger charge is -2.36. The van der Waals surface area contributed by atoms with Gasteiger partial charge in [0.25, 0.3) is 0 Å². The third-order valence-electron chi connectivity index (χ3n) is 5.29. The first-order valence-corrected chi connectivity index (χ1v) is 12.2. The number of hydrogen-bond acceptors (Lipinski definition) is 3. The van der Waals surface area contributed by atoms with Crippen molar-refractivity contribution >= 4 is 25.4 Å². The van der Waals surface area contributed by atoms with Crippen LogP contribution in [-0.4, -0.2) is 32.2 Å². The number of H-pyrrole nitrogens is 1. The Morgan fingerprint density at radius 2 is 2.04 bits per heavy atom. The molecule has 140 valence electrons. The molecule has 5 heteroatoms. The maximum Gasteiger partial charge on any atom is 0.191 e. The molecule has 4 nitrogen and oxygen atoms in total. The molecule has 0 fully saturated rings. The zero-order chi connectivity index (χ0) is 19.2. The lowest BCUT2D eigenvalue weighted by atomic mass is 10.0. The molecule has 0 aliphatic heterocycles. The van der Waals surface area contributed by atoms with Crippen molar-refractivity contribution in [1.29, 1.82) is 5.26 Å². The maximum absolute atomic E-state index is 9.13. The summed E-state index contributed by atoms with van der Waals surface area (Å²) in [5, 5.41) is 10.6. The summed E-state index contributed by atoms with van der Waals surface area (Å²) in [5.41, 5.74) is 2.35. The summed E-state index contributed by atoms with van der Waals surface area (Å²) in [6.45, 7) is 12.0. The van der Waals surface area contributed by atoms with Crippen LogP contribution in [0.2, 0.25) is 18.1 Å². The number of aliphatic imine (C=N–C) groups is 1. The number of nitrogens with zero attached hydrogens (tertiary/aromatic N) is 2. The third kappa shape index (κ3) is 5.30. The fourth-order valence-corrected chi connectivity index (χ4v) is 3.71. The number of hydrogen-bond donors (Lipinski definition) is 1. The minimum absolute atomic E-state index is 0.00734. The van der Waals surface area contributed by atoms with Gasteiger partial charge in [0.1, 0.15) is 0 Å². The van der Waals surface area contributed by atoms with Gasteiger partial charge in [-0.25, -0.2) is 0 Å². The average Bonchev–Trinajstić information content (AvgIpc) is 2.97. The van der Waals surface area contributed by atoms with E-state index >= 15 is 0 Å². The zero-order valence-electron chi connectivity index (χ0n) is 16.7. The van der Waals surface area contributed by atoms with Gasteiger partial charge in [0.15, 0.2) is 8.32 Å². The molecule has 1 atom stereocenters. The Kier molecular flexibility index (Phi) is 6.79. The van der Waals surface area contributed by atoms with Crippen LogP contribution in [0.4, 0.5) is 0 Å². The molecule has 0 saturated carbocycles. The van der Waals surface area contributed by atoms with Crippen LogP contribution in [0.15, 0.2) is 35.5 Å². The van der Waals surface area contributed by atoms with Crippen molar-refractivity contribution in [2.75, 3.05) is 6.61 Å². The van der Waals surface area contributed by atoms with Gasteiger partial charge in [0, 0.05) is 36.3 Å². The standard InChI is InChI=1S/C21H31N3OSi/c1-21(2,3)26(4,5)25-14-8-13-23-18(11-12-22)15-17-16-24-20-10-7-6-9-19(17)20/h6-7,9-10,13,16,18,24H,8,11,14-15H2,1-5H3/t18-/m1/s1. The predicted molar refractivity (Wildman–Crippen MR) is 112 cm³/mol. The Bertz CT molecular complexity index is 780. The van der Waals surface area contributed by atoms with E-state index in [4.69, 9.17) is 9.69 Å². The van der Waals surface area contributed by atoms with Crippen molar-refractivity contribution in [1.82, 2.24) is 4.98 Å². The number of nitrogens with one attached hydrogen (secondary N) is 1. The van der Waals surface area contributed by atoms with Gasteiger partial charge in [-0.1, -0.05) is 39.0 Å². The first kappa shape index (κ1) is 20.4. The summed E-state index contributed by atoms with van der Waals surface area (Å²) < 4.78 is 6.18. The monoisotopic (exact) mass is 369 g/mol.